The van der Waals surface area contributed by atoms with Gasteiger partial charge in [-0.3, -0.25) is 0 Å². The van der Waals surface area contributed by atoms with Crippen molar-refractivity contribution in [2.75, 3.05) is 19.8 Å². The highest BCUT2D eigenvalue weighted by atomic mass is 16.5. The molecule has 0 atom stereocenters. The summed E-state index contributed by atoms with van der Waals surface area (Å²) in [5, 5.41) is 9.75. The molecule has 0 bridgehead atoms. The van der Waals surface area contributed by atoms with E-state index in [1.165, 1.54) is 0 Å². The van der Waals surface area contributed by atoms with Crippen LogP contribution in [-0.4, -0.2) is 19.8 Å². The Kier molecular flexibility index (Phi) is 6.61. The summed E-state index contributed by atoms with van der Waals surface area (Å²) in [6.45, 7) is 4.53. The van der Waals surface area contributed by atoms with Gasteiger partial charge in [0.1, 0.15) is 0 Å². The predicted molar refractivity (Wildman–Crippen MR) is 30.3 cm³/mol. The largest absolute Gasteiger partial charge is 0.853 e. The van der Waals surface area contributed by atoms with Crippen LogP contribution in [0.4, 0.5) is 0 Å². The van der Waals surface area contributed by atoms with Crippen LogP contribution in [0.2, 0.25) is 0 Å². The molecule has 0 radical (unpaired) electrons. The van der Waals surface area contributed by atoms with E-state index in [-0.39, 0.29) is 6.61 Å². The van der Waals surface area contributed by atoms with Crippen molar-refractivity contribution in [2.24, 2.45) is 0 Å². The van der Waals surface area contributed by atoms with Gasteiger partial charge in [0.05, 0.1) is 20.0 Å². The van der Waals surface area contributed by atoms with Crippen molar-refractivity contribution in [2.45, 2.75) is 12.8 Å². The smallest absolute Gasteiger partial charge is 0.0872 e. The third kappa shape index (κ3) is 5.79. The second kappa shape index (κ2) is 6.79. The normalized spacial score (nSPS) is 9.62. The zero-order valence-corrected chi connectivity index (χ0v) is 5.06. The highest BCUT2D eigenvalue weighted by molar-refractivity contribution is 4.38. The lowest BCUT2D eigenvalue weighted by Crippen LogP contribution is -2.13. The molecule has 0 unspecified atom stereocenters. The van der Waals surface area contributed by atoms with E-state index in [9.17, 15) is 5.11 Å². The van der Waals surface area contributed by atoms with Crippen LogP contribution in [0.3, 0.4) is 0 Å². The lowest BCUT2D eigenvalue weighted by molar-refractivity contribution is -0.374. The molecule has 2 nitrogen and oxygen atoms in total. The molecule has 2 heteroatoms. The van der Waals surface area contributed by atoms with Gasteiger partial charge in [-0.2, -0.15) is 0 Å². The van der Waals surface area contributed by atoms with Gasteiger partial charge in [0.25, 0.3) is 0 Å². The summed E-state index contributed by atoms with van der Waals surface area (Å²) in [4.78, 5) is 0. The molecule has 0 rings (SSSR count). The first-order valence-electron chi connectivity index (χ1n) is 2.87. The van der Waals surface area contributed by atoms with Crippen LogP contribution < -0.4 is 5.11 Å². The highest BCUT2D eigenvalue weighted by Crippen LogP contribution is 1.85. The summed E-state index contributed by atoms with van der Waals surface area (Å²) in [6, 6.07) is 0. The van der Waals surface area contributed by atoms with Crippen molar-refractivity contribution < 1.29 is 9.84 Å². The second-order valence-corrected chi connectivity index (χ2v) is 1.52. The second-order valence-electron chi connectivity index (χ2n) is 1.52. The average molecular weight is 116 g/mol. The van der Waals surface area contributed by atoms with Crippen LogP contribution in [0.5, 0.6) is 0 Å². The van der Waals surface area contributed by atoms with Gasteiger partial charge in [-0.05, 0) is 0 Å². The fourth-order valence-corrected chi connectivity index (χ4v) is 0.365. The van der Waals surface area contributed by atoms with Crippen molar-refractivity contribution >= 4 is 0 Å². The van der Waals surface area contributed by atoms with Gasteiger partial charge >= 0.3 is 0 Å². The minimum Gasteiger partial charge on any atom is -0.853 e. The molecule has 48 valence electrons. The predicted octanol–water partition coefficient (Wildman–Crippen LogP) is -0.0224. The van der Waals surface area contributed by atoms with Gasteiger partial charge in [-0.15, -0.1) is 6.61 Å². The summed E-state index contributed by atoms with van der Waals surface area (Å²) < 4.78 is 4.87. The molecule has 0 aromatic rings. The van der Waals surface area contributed by atoms with Gasteiger partial charge in [0.2, 0.25) is 0 Å². The Morgan fingerprint density at radius 3 is 2.62 bits per heavy atom. The lowest BCUT2D eigenvalue weighted by atomic mass is 10.4. The Labute approximate surface area is 50.5 Å². The fraction of sp³-hybridized carbons (Fsp3) is 0.833. The molecular formula is C6H12O2. The Bertz CT molecular complexity index is 31.5. The van der Waals surface area contributed by atoms with Crippen LogP contribution >= 0.6 is 0 Å². The van der Waals surface area contributed by atoms with Crippen LogP contribution in [-0.2, 0) is 4.74 Å². The first-order valence-corrected chi connectivity index (χ1v) is 2.87. The molecular weight excluding hydrogens is 104 g/mol. The third-order valence-corrected chi connectivity index (χ3v) is 0.766. The molecule has 0 spiro atoms. The zero-order chi connectivity index (χ0) is 6.24. The maximum absolute atomic E-state index is 9.75. The minimum absolute atomic E-state index is 0.128. The van der Waals surface area contributed by atoms with E-state index in [2.05, 4.69) is 6.92 Å². The Morgan fingerprint density at radius 1 is 1.38 bits per heavy atom. The summed E-state index contributed by atoms with van der Waals surface area (Å²) in [6.07, 6.45) is 1.85. The minimum atomic E-state index is -0.128. The first-order chi connectivity index (χ1) is 3.91. The van der Waals surface area contributed by atoms with Gasteiger partial charge in [0.15, 0.2) is 0 Å². The molecule has 0 N–H and O–H groups in total. The maximum atomic E-state index is 9.75. The molecule has 0 heterocycles. The standard InChI is InChI=1S/C6H12O2/c1-2-3-5-8-6-4-7/h1-6H2. The van der Waals surface area contributed by atoms with E-state index < -0.39 is 0 Å². The molecule has 0 aliphatic carbocycles. The molecule has 0 saturated carbocycles. The van der Waals surface area contributed by atoms with Crippen molar-refractivity contribution in [3.63, 3.8) is 0 Å². The van der Waals surface area contributed by atoms with Crippen LogP contribution in [0, 0.1) is 6.92 Å². The molecule has 8 heavy (non-hydrogen) atoms. The number of ether oxygens (including phenoxy) is 1. The topological polar surface area (TPSA) is 32.3 Å². The molecule has 0 aromatic carbocycles. The highest BCUT2D eigenvalue weighted by Gasteiger charge is 1.83. The van der Waals surface area contributed by atoms with Gasteiger partial charge in [0, 0.05) is 13.0 Å². The lowest BCUT2D eigenvalue weighted by Gasteiger charge is -2.02. The molecule has 0 fully saturated rings. The zero-order valence-electron chi connectivity index (χ0n) is 5.06. The van der Waals surface area contributed by atoms with Crippen molar-refractivity contribution in [1.29, 1.82) is 0 Å². The van der Waals surface area contributed by atoms with E-state index in [1.807, 2.05) is 0 Å². The third-order valence-electron chi connectivity index (χ3n) is 0.766. The monoisotopic (exact) mass is 116 g/mol. The number of rotatable bonds is 5. The number of hydrogen-bond donors (Lipinski definition) is 0. The van der Waals surface area contributed by atoms with Gasteiger partial charge in [-0.25, -0.2) is 0 Å². The number of hydrogen-bond acceptors (Lipinski definition) is 2. The van der Waals surface area contributed by atoms with Crippen molar-refractivity contribution in [1.82, 2.24) is 0 Å². The molecule has 0 aromatic heterocycles. The van der Waals surface area contributed by atoms with E-state index >= 15 is 0 Å². The summed E-state index contributed by atoms with van der Waals surface area (Å²) in [7, 11) is 0. The van der Waals surface area contributed by atoms with E-state index in [0.29, 0.717) is 13.2 Å². The maximum Gasteiger partial charge on any atom is 0.0872 e. The molecule has 0 aliphatic rings. The summed E-state index contributed by atoms with van der Waals surface area (Å²) in [5.41, 5.74) is 0. The van der Waals surface area contributed by atoms with Crippen molar-refractivity contribution in [3.8, 4) is 0 Å². The SMILES string of the molecule is [CH2+]CCCOCC[O-]. The van der Waals surface area contributed by atoms with E-state index in [0.717, 1.165) is 12.8 Å². The molecule has 0 saturated heterocycles. The summed E-state index contributed by atoms with van der Waals surface area (Å²) >= 11 is 0. The quantitative estimate of drug-likeness (QED) is 0.373. The van der Waals surface area contributed by atoms with Crippen LogP contribution in [0.1, 0.15) is 12.8 Å². The van der Waals surface area contributed by atoms with E-state index in [1.54, 1.807) is 0 Å². The fourth-order valence-electron chi connectivity index (χ4n) is 0.365. The first kappa shape index (κ1) is 7.79. The summed E-state index contributed by atoms with van der Waals surface area (Å²) in [5.74, 6) is 0. The van der Waals surface area contributed by atoms with Crippen LogP contribution in [0.15, 0.2) is 0 Å². The molecule has 0 amide bonds. The van der Waals surface area contributed by atoms with Gasteiger partial charge < -0.3 is 9.84 Å². The van der Waals surface area contributed by atoms with Gasteiger partial charge in [-0.1, -0.05) is 0 Å². The molecule has 0 aliphatic heterocycles. The Balaban J connectivity index is 2.53. The average Bonchev–Trinajstić information content (AvgIpc) is 1.81. The van der Waals surface area contributed by atoms with Crippen molar-refractivity contribution in [3.05, 3.63) is 6.92 Å². The number of unbranched alkanes of at least 4 members (excludes halogenated alkanes) is 1. The Morgan fingerprint density at radius 2 is 2.12 bits per heavy atom. The Hall–Kier alpha value is -0.210. The van der Waals surface area contributed by atoms with E-state index in [4.69, 9.17) is 4.74 Å². The van der Waals surface area contributed by atoms with Crippen LogP contribution in [0.25, 0.3) is 0 Å².